The van der Waals surface area contributed by atoms with Crippen molar-refractivity contribution >= 4 is 21.4 Å². The number of ether oxygens (including phenoxy) is 1. The fourth-order valence-corrected chi connectivity index (χ4v) is 3.41. The second-order valence-electron chi connectivity index (χ2n) is 6.08. The van der Waals surface area contributed by atoms with Gasteiger partial charge in [0.05, 0.1) is 15.6 Å². The number of hydrogen-bond acceptors (Lipinski definition) is 6. The Morgan fingerprint density at radius 2 is 1.97 bits per heavy atom. The maximum Gasteiger partial charge on any atom is 0.573 e. The summed E-state index contributed by atoms with van der Waals surface area (Å²) in [4.78, 5) is 4.15. The third kappa shape index (κ3) is 4.79. The number of benzene rings is 1. The van der Waals surface area contributed by atoms with Crippen LogP contribution in [0.3, 0.4) is 0 Å². The quantitative estimate of drug-likeness (QED) is 0.519. The van der Waals surface area contributed by atoms with E-state index in [9.17, 15) is 21.6 Å². The first kappa shape index (κ1) is 21.8. The van der Waals surface area contributed by atoms with Gasteiger partial charge in [-0.1, -0.05) is 17.7 Å². The first-order chi connectivity index (χ1) is 14.0. The fraction of sp³-hybridized carbons (Fsp3) is 0.167. The van der Waals surface area contributed by atoms with Crippen LogP contribution in [-0.4, -0.2) is 40.8 Å². The number of halogens is 4. The van der Waals surface area contributed by atoms with E-state index in [1.807, 2.05) is 0 Å². The molecule has 2 heterocycles. The van der Waals surface area contributed by atoms with Gasteiger partial charge in [0.15, 0.2) is 15.7 Å². The third-order valence-electron chi connectivity index (χ3n) is 3.84. The van der Waals surface area contributed by atoms with Crippen molar-refractivity contribution < 1.29 is 26.3 Å². The highest BCUT2D eigenvalue weighted by Gasteiger charge is 2.31. The standard InChI is InChI=1S/C18H14ClF3N4O3S/c1-3-4-16-24-25-17(14-7-6-12(10-23-14)30(2,27)28)26(16)15-8-5-11(9-13(15)19)29-18(20,21)22/h3,5-10H,1,4H2,2H3. The number of pyridine rings is 1. The largest absolute Gasteiger partial charge is 0.573 e. The minimum Gasteiger partial charge on any atom is -0.406 e. The second-order valence-corrected chi connectivity index (χ2v) is 8.50. The predicted molar refractivity (Wildman–Crippen MR) is 103 cm³/mol. The Bertz CT molecular complexity index is 1190. The predicted octanol–water partition coefficient (Wildman–Crippen LogP) is 4.01. The van der Waals surface area contributed by atoms with Crippen molar-refractivity contribution in [2.45, 2.75) is 17.7 Å². The molecule has 1 aromatic carbocycles. The lowest BCUT2D eigenvalue weighted by molar-refractivity contribution is -0.274. The van der Waals surface area contributed by atoms with Crippen LogP contribution >= 0.6 is 11.6 Å². The molecule has 3 aromatic rings. The van der Waals surface area contributed by atoms with Crippen molar-refractivity contribution in [3.05, 3.63) is 60.0 Å². The monoisotopic (exact) mass is 458 g/mol. The van der Waals surface area contributed by atoms with Gasteiger partial charge in [-0.25, -0.2) is 8.42 Å². The van der Waals surface area contributed by atoms with Crippen LogP contribution in [0.5, 0.6) is 5.75 Å². The van der Waals surface area contributed by atoms with Gasteiger partial charge >= 0.3 is 6.36 Å². The van der Waals surface area contributed by atoms with E-state index in [4.69, 9.17) is 11.6 Å². The Labute approximate surface area is 174 Å². The highest BCUT2D eigenvalue weighted by molar-refractivity contribution is 7.90. The van der Waals surface area contributed by atoms with Gasteiger partial charge in [0.25, 0.3) is 0 Å². The summed E-state index contributed by atoms with van der Waals surface area (Å²) >= 11 is 6.22. The summed E-state index contributed by atoms with van der Waals surface area (Å²) in [6, 6.07) is 6.27. The van der Waals surface area contributed by atoms with Gasteiger partial charge < -0.3 is 4.74 Å². The molecule has 3 rings (SSSR count). The van der Waals surface area contributed by atoms with Crippen molar-refractivity contribution in [1.29, 1.82) is 0 Å². The van der Waals surface area contributed by atoms with Crippen LogP contribution in [0, 0.1) is 0 Å². The number of sulfone groups is 1. The van der Waals surface area contributed by atoms with E-state index in [1.165, 1.54) is 29.0 Å². The van der Waals surface area contributed by atoms with Gasteiger partial charge in [0, 0.05) is 24.9 Å². The molecule has 0 aliphatic rings. The van der Waals surface area contributed by atoms with Gasteiger partial charge in [-0.3, -0.25) is 9.55 Å². The molecule has 0 amide bonds. The molecule has 0 fully saturated rings. The van der Waals surface area contributed by atoms with Crippen molar-refractivity contribution in [3.63, 3.8) is 0 Å². The summed E-state index contributed by atoms with van der Waals surface area (Å²) in [7, 11) is -3.44. The fourth-order valence-electron chi connectivity index (χ4n) is 2.59. The molecule has 2 aromatic heterocycles. The van der Waals surface area contributed by atoms with Crippen LogP contribution < -0.4 is 4.74 Å². The van der Waals surface area contributed by atoms with E-state index in [2.05, 4.69) is 26.5 Å². The SMILES string of the molecule is C=CCc1nnc(-c2ccc(S(C)(=O)=O)cn2)n1-c1ccc(OC(F)(F)F)cc1Cl. The second kappa shape index (κ2) is 8.07. The minimum absolute atomic E-state index is 0.0234. The van der Waals surface area contributed by atoms with Crippen molar-refractivity contribution in [1.82, 2.24) is 19.7 Å². The lowest BCUT2D eigenvalue weighted by atomic mass is 10.2. The van der Waals surface area contributed by atoms with Crippen LogP contribution in [-0.2, 0) is 16.3 Å². The first-order valence-electron chi connectivity index (χ1n) is 8.27. The number of allylic oxidation sites excluding steroid dienone is 1. The van der Waals surface area contributed by atoms with Gasteiger partial charge in [-0.15, -0.1) is 29.9 Å². The topological polar surface area (TPSA) is 87.0 Å². The van der Waals surface area contributed by atoms with Crippen LogP contribution in [0.1, 0.15) is 5.82 Å². The molecule has 0 bridgehead atoms. The van der Waals surface area contributed by atoms with Gasteiger partial charge in [-0.2, -0.15) is 0 Å². The molecule has 0 aliphatic heterocycles. The zero-order valence-corrected chi connectivity index (χ0v) is 17.0. The van der Waals surface area contributed by atoms with Crippen molar-refractivity contribution in [3.8, 4) is 23.0 Å². The third-order valence-corrected chi connectivity index (χ3v) is 5.24. The molecule has 0 saturated carbocycles. The van der Waals surface area contributed by atoms with E-state index >= 15 is 0 Å². The highest BCUT2D eigenvalue weighted by atomic mass is 35.5. The van der Waals surface area contributed by atoms with Gasteiger partial charge in [0.2, 0.25) is 0 Å². The number of rotatable bonds is 6. The number of nitrogens with zero attached hydrogens (tertiary/aromatic N) is 4. The molecular weight excluding hydrogens is 445 g/mol. The van der Waals surface area contributed by atoms with Crippen LogP contribution in [0.25, 0.3) is 17.2 Å². The molecule has 0 unspecified atom stereocenters. The zero-order valence-electron chi connectivity index (χ0n) is 15.4. The highest BCUT2D eigenvalue weighted by Crippen LogP contribution is 2.32. The van der Waals surface area contributed by atoms with E-state index in [-0.39, 0.29) is 33.5 Å². The lowest BCUT2D eigenvalue weighted by Crippen LogP contribution is -2.17. The van der Waals surface area contributed by atoms with Crippen LogP contribution in [0.4, 0.5) is 13.2 Å². The molecular formula is C18H14ClF3N4O3S. The molecule has 0 saturated heterocycles. The maximum absolute atomic E-state index is 12.5. The Morgan fingerprint density at radius 3 is 2.50 bits per heavy atom. The Kier molecular flexibility index (Phi) is 5.86. The summed E-state index contributed by atoms with van der Waals surface area (Å²) < 4.78 is 66.0. The Balaban J connectivity index is 2.11. The molecule has 158 valence electrons. The molecule has 30 heavy (non-hydrogen) atoms. The Morgan fingerprint density at radius 1 is 1.23 bits per heavy atom. The summed E-state index contributed by atoms with van der Waals surface area (Å²) in [6.07, 6.45) is -0.769. The summed E-state index contributed by atoms with van der Waals surface area (Å²) in [5.74, 6) is 0.144. The minimum atomic E-state index is -4.86. The number of aromatic nitrogens is 4. The van der Waals surface area contributed by atoms with Crippen LogP contribution in [0.15, 0.2) is 54.1 Å². The summed E-state index contributed by atoms with van der Waals surface area (Å²) in [5, 5.41) is 8.10. The smallest absolute Gasteiger partial charge is 0.406 e. The number of alkyl halides is 3. The molecule has 12 heteroatoms. The van der Waals surface area contributed by atoms with E-state index < -0.39 is 21.9 Å². The van der Waals surface area contributed by atoms with Crippen molar-refractivity contribution in [2.75, 3.05) is 6.26 Å². The number of hydrogen-bond donors (Lipinski definition) is 0. The van der Waals surface area contributed by atoms with Gasteiger partial charge in [-0.05, 0) is 24.3 Å². The van der Waals surface area contributed by atoms with E-state index in [0.29, 0.717) is 5.82 Å². The molecule has 0 spiro atoms. The zero-order chi connectivity index (χ0) is 22.1. The molecule has 0 aliphatic carbocycles. The van der Waals surface area contributed by atoms with Gasteiger partial charge in [0.1, 0.15) is 17.3 Å². The van der Waals surface area contributed by atoms with E-state index in [1.54, 1.807) is 6.08 Å². The van der Waals surface area contributed by atoms with Crippen molar-refractivity contribution in [2.24, 2.45) is 0 Å². The average molecular weight is 459 g/mol. The normalized spacial score (nSPS) is 12.0. The first-order valence-corrected chi connectivity index (χ1v) is 10.5. The molecule has 0 N–H and O–H groups in total. The molecule has 0 radical (unpaired) electrons. The molecule has 0 atom stereocenters. The Hall–Kier alpha value is -2.92. The lowest BCUT2D eigenvalue weighted by Gasteiger charge is -2.14. The van der Waals surface area contributed by atoms with E-state index in [0.717, 1.165) is 18.4 Å². The average Bonchev–Trinajstić information content (AvgIpc) is 3.04. The summed E-state index contributed by atoms with van der Waals surface area (Å²) in [6.45, 7) is 3.65. The summed E-state index contributed by atoms with van der Waals surface area (Å²) in [5.41, 5.74) is 0.578. The molecule has 7 nitrogen and oxygen atoms in total. The van der Waals surface area contributed by atoms with Crippen LogP contribution in [0.2, 0.25) is 5.02 Å². The maximum atomic E-state index is 12.5.